The summed E-state index contributed by atoms with van der Waals surface area (Å²) in [6.45, 7) is 9.31. The smallest absolute Gasteiger partial charge is 0.0870 e. The van der Waals surface area contributed by atoms with Crippen molar-refractivity contribution in [2.24, 2.45) is 0 Å². The second-order valence-electron chi connectivity index (χ2n) is 6.91. The van der Waals surface area contributed by atoms with E-state index in [1.54, 1.807) is 0 Å². The summed E-state index contributed by atoms with van der Waals surface area (Å²) >= 11 is 0. The molecule has 1 fully saturated rings. The van der Waals surface area contributed by atoms with Crippen molar-refractivity contribution in [2.45, 2.75) is 51.5 Å². The molecule has 0 unspecified atom stereocenters. The van der Waals surface area contributed by atoms with Gasteiger partial charge in [0.1, 0.15) is 0 Å². The molecule has 0 bridgehead atoms. The summed E-state index contributed by atoms with van der Waals surface area (Å²) in [6.07, 6.45) is 4.48. The molecule has 2 aromatic rings. The molecule has 2 aromatic heterocycles. The molecule has 21 heavy (non-hydrogen) atoms. The van der Waals surface area contributed by atoms with Gasteiger partial charge in [0.2, 0.25) is 0 Å². The summed E-state index contributed by atoms with van der Waals surface area (Å²) in [5, 5.41) is 19.5. The molecule has 0 saturated carbocycles. The van der Waals surface area contributed by atoms with E-state index < -0.39 is 0 Å². The molecule has 2 N–H and O–H groups in total. The molecule has 1 aliphatic heterocycles. The Morgan fingerprint density at radius 3 is 2.90 bits per heavy atom. The van der Waals surface area contributed by atoms with Gasteiger partial charge >= 0.3 is 0 Å². The average molecular weight is 288 g/mol. The van der Waals surface area contributed by atoms with E-state index in [9.17, 15) is 0 Å². The van der Waals surface area contributed by atoms with Crippen molar-refractivity contribution in [3.63, 3.8) is 0 Å². The Labute approximate surface area is 125 Å². The lowest BCUT2D eigenvalue weighted by Crippen LogP contribution is -2.28. The molecule has 6 nitrogen and oxygen atoms in total. The maximum atomic E-state index is 4.38. The number of H-pyrrole nitrogens is 1. The summed E-state index contributed by atoms with van der Waals surface area (Å²) in [7, 11) is 0. The van der Waals surface area contributed by atoms with Gasteiger partial charge in [-0.25, -0.2) is 4.68 Å². The predicted octanol–water partition coefficient (Wildman–Crippen LogP) is 1.81. The predicted molar refractivity (Wildman–Crippen MR) is 81.3 cm³/mol. The molecule has 1 aliphatic rings. The van der Waals surface area contributed by atoms with Crippen LogP contribution in [0.2, 0.25) is 0 Å². The third-order valence-corrected chi connectivity index (χ3v) is 4.00. The van der Waals surface area contributed by atoms with Crippen LogP contribution in [0.3, 0.4) is 0 Å². The Hall–Kier alpha value is -1.69. The molecule has 0 aliphatic carbocycles. The van der Waals surface area contributed by atoms with Crippen molar-refractivity contribution in [3.05, 3.63) is 29.3 Å². The van der Waals surface area contributed by atoms with Crippen molar-refractivity contribution >= 4 is 0 Å². The maximum Gasteiger partial charge on any atom is 0.0870 e. The summed E-state index contributed by atoms with van der Waals surface area (Å²) < 4.78 is 1.89. The van der Waals surface area contributed by atoms with Gasteiger partial charge in [0.15, 0.2) is 0 Å². The van der Waals surface area contributed by atoms with Crippen LogP contribution in [0.25, 0.3) is 0 Å². The lowest BCUT2D eigenvalue weighted by molar-refractivity contribution is 0.454. The molecule has 0 amide bonds. The summed E-state index contributed by atoms with van der Waals surface area (Å²) in [6, 6.07) is 2.11. The Kier molecular flexibility index (Phi) is 3.80. The minimum Gasteiger partial charge on any atom is -0.316 e. The van der Waals surface area contributed by atoms with Crippen molar-refractivity contribution in [3.8, 4) is 0 Å². The number of hydrogen-bond acceptors (Lipinski definition) is 4. The van der Waals surface area contributed by atoms with E-state index in [1.807, 2.05) is 4.68 Å². The number of nitrogens with one attached hydrogen (secondary N) is 2. The van der Waals surface area contributed by atoms with Crippen LogP contribution in [0.4, 0.5) is 0 Å². The zero-order valence-corrected chi connectivity index (χ0v) is 13.1. The van der Waals surface area contributed by atoms with E-state index in [2.05, 4.69) is 58.9 Å². The molecule has 3 heterocycles. The van der Waals surface area contributed by atoms with E-state index >= 15 is 0 Å². The second kappa shape index (κ2) is 5.60. The van der Waals surface area contributed by atoms with Crippen LogP contribution in [0.15, 0.2) is 12.3 Å². The number of hydrogen-bond donors (Lipinski definition) is 2. The molecule has 0 radical (unpaired) electrons. The van der Waals surface area contributed by atoms with E-state index in [-0.39, 0.29) is 5.41 Å². The quantitative estimate of drug-likeness (QED) is 0.903. The third-order valence-electron chi connectivity index (χ3n) is 4.00. The van der Waals surface area contributed by atoms with E-state index in [1.165, 1.54) is 12.8 Å². The van der Waals surface area contributed by atoms with E-state index in [0.717, 1.165) is 30.2 Å². The van der Waals surface area contributed by atoms with Crippen molar-refractivity contribution in [1.29, 1.82) is 0 Å². The Bertz CT molecular complexity index is 585. The van der Waals surface area contributed by atoms with Gasteiger partial charge in [-0.3, -0.25) is 5.10 Å². The lowest BCUT2D eigenvalue weighted by atomic mass is 9.92. The summed E-state index contributed by atoms with van der Waals surface area (Å²) in [5.74, 6) is 0.499. The highest BCUT2D eigenvalue weighted by atomic mass is 15.4. The fourth-order valence-electron chi connectivity index (χ4n) is 2.68. The highest BCUT2D eigenvalue weighted by Gasteiger charge is 2.19. The fourth-order valence-corrected chi connectivity index (χ4v) is 2.68. The normalized spacial score (nSPS) is 19.9. The van der Waals surface area contributed by atoms with Gasteiger partial charge in [0.25, 0.3) is 0 Å². The molecular weight excluding hydrogens is 264 g/mol. The average Bonchev–Trinajstić information content (AvgIpc) is 3.09. The van der Waals surface area contributed by atoms with Crippen LogP contribution in [-0.2, 0) is 12.0 Å². The van der Waals surface area contributed by atoms with Gasteiger partial charge in [-0.05, 0) is 25.5 Å². The van der Waals surface area contributed by atoms with Gasteiger partial charge in [0.05, 0.1) is 23.6 Å². The minimum atomic E-state index is 0.0655. The summed E-state index contributed by atoms with van der Waals surface area (Å²) in [4.78, 5) is 0. The first kappa shape index (κ1) is 14.3. The SMILES string of the molecule is CC(C)(C)c1cc(Cn2cc([C@@H]3CCCNC3)nn2)[nH]n1. The minimum absolute atomic E-state index is 0.0655. The van der Waals surface area contributed by atoms with Gasteiger partial charge < -0.3 is 5.32 Å². The fraction of sp³-hybridized carbons (Fsp3) is 0.667. The topological polar surface area (TPSA) is 71.4 Å². The van der Waals surface area contributed by atoms with Crippen LogP contribution in [0.1, 0.15) is 56.6 Å². The van der Waals surface area contributed by atoms with Gasteiger partial charge in [0, 0.05) is 24.1 Å². The third kappa shape index (κ3) is 3.32. The number of piperidine rings is 1. The zero-order chi connectivity index (χ0) is 14.9. The lowest BCUT2D eigenvalue weighted by Gasteiger charge is -2.20. The largest absolute Gasteiger partial charge is 0.316 e. The van der Waals surface area contributed by atoms with Gasteiger partial charge in [-0.1, -0.05) is 26.0 Å². The summed E-state index contributed by atoms with van der Waals surface area (Å²) in [5.41, 5.74) is 3.31. The molecule has 1 saturated heterocycles. The molecular formula is C15H24N6. The standard InChI is InChI=1S/C15H24N6/c1-15(2,3)14-7-12(17-19-14)9-21-10-13(18-20-21)11-5-4-6-16-8-11/h7,10-11,16H,4-6,8-9H2,1-3H3,(H,17,19)/t11-/m1/s1. The Balaban J connectivity index is 1.68. The van der Waals surface area contributed by atoms with Gasteiger partial charge in [-0.15, -0.1) is 5.10 Å². The van der Waals surface area contributed by atoms with Crippen LogP contribution in [-0.4, -0.2) is 38.3 Å². The zero-order valence-electron chi connectivity index (χ0n) is 13.1. The first-order valence-corrected chi connectivity index (χ1v) is 7.68. The van der Waals surface area contributed by atoms with Gasteiger partial charge in [-0.2, -0.15) is 5.10 Å². The molecule has 0 aromatic carbocycles. The van der Waals surface area contributed by atoms with E-state index in [0.29, 0.717) is 12.5 Å². The Morgan fingerprint density at radius 1 is 1.38 bits per heavy atom. The first-order valence-electron chi connectivity index (χ1n) is 7.68. The van der Waals surface area contributed by atoms with Crippen LogP contribution < -0.4 is 5.32 Å². The van der Waals surface area contributed by atoms with E-state index in [4.69, 9.17) is 0 Å². The molecule has 3 rings (SSSR count). The second-order valence-corrected chi connectivity index (χ2v) is 6.91. The molecule has 1 atom stereocenters. The number of aromatic amines is 1. The first-order chi connectivity index (χ1) is 10.0. The number of aromatic nitrogens is 5. The van der Waals surface area contributed by atoms with Crippen LogP contribution >= 0.6 is 0 Å². The molecule has 0 spiro atoms. The van der Waals surface area contributed by atoms with Crippen LogP contribution in [0, 0.1) is 0 Å². The van der Waals surface area contributed by atoms with Crippen molar-refractivity contribution in [1.82, 2.24) is 30.5 Å². The molecule has 114 valence electrons. The van der Waals surface area contributed by atoms with Crippen molar-refractivity contribution in [2.75, 3.05) is 13.1 Å². The van der Waals surface area contributed by atoms with Crippen molar-refractivity contribution < 1.29 is 0 Å². The number of nitrogens with zero attached hydrogens (tertiary/aromatic N) is 4. The highest BCUT2D eigenvalue weighted by molar-refractivity contribution is 5.16. The monoisotopic (exact) mass is 288 g/mol. The van der Waals surface area contributed by atoms with Crippen LogP contribution in [0.5, 0.6) is 0 Å². The number of rotatable bonds is 3. The Morgan fingerprint density at radius 2 is 2.24 bits per heavy atom. The molecule has 6 heteroatoms. The highest BCUT2D eigenvalue weighted by Crippen LogP contribution is 2.22. The maximum absolute atomic E-state index is 4.38.